The lowest BCUT2D eigenvalue weighted by molar-refractivity contribution is 0.0231. The first-order valence-corrected chi connectivity index (χ1v) is 8.81. The number of hydrogen-bond donors (Lipinski definition) is 4. The minimum Gasteiger partial charge on any atom is -0.388 e. The molecule has 0 unspecified atom stereocenters. The first-order valence-electron chi connectivity index (χ1n) is 8.81. The minimum absolute atomic E-state index is 0.160. The van der Waals surface area contributed by atoms with Crippen molar-refractivity contribution in [2.45, 2.75) is 18.4 Å². The van der Waals surface area contributed by atoms with Gasteiger partial charge in [-0.1, -0.05) is 0 Å². The number of pyridine rings is 1. The number of nitrogens with two attached hydrogens (primary N) is 1. The Morgan fingerprint density at radius 1 is 1.26 bits per heavy atom. The van der Waals surface area contributed by atoms with Gasteiger partial charge in [-0.2, -0.15) is 0 Å². The summed E-state index contributed by atoms with van der Waals surface area (Å²) >= 11 is 0. The molecule has 9 nitrogen and oxygen atoms in total. The maximum atomic E-state index is 11.5. The molecule has 4 rings (SSSR count). The van der Waals surface area contributed by atoms with Crippen molar-refractivity contribution in [3.8, 4) is 11.3 Å². The average Bonchev–Trinajstić information content (AvgIpc) is 3.12. The van der Waals surface area contributed by atoms with Gasteiger partial charge in [0.15, 0.2) is 11.5 Å². The fraction of sp³-hybridized carbons (Fsp3) is 0.333. The molecule has 4 heterocycles. The average molecular weight is 367 g/mol. The molecule has 3 aromatic rings. The van der Waals surface area contributed by atoms with E-state index in [4.69, 9.17) is 5.73 Å². The van der Waals surface area contributed by atoms with Crippen molar-refractivity contribution in [2.24, 2.45) is 5.73 Å². The fourth-order valence-corrected chi connectivity index (χ4v) is 3.21. The minimum atomic E-state index is -0.810. The molecule has 0 bridgehead atoms. The van der Waals surface area contributed by atoms with Crippen LogP contribution in [-0.4, -0.2) is 55.6 Å². The quantitative estimate of drug-likeness (QED) is 0.514. The molecule has 140 valence electrons. The number of amides is 1. The number of carbonyl (C=O) groups is 1. The Morgan fingerprint density at radius 2 is 2.00 bits per heavy atom. The first-order chi connectivity index (χ1) is 13.0. The molecule has 3 aromatic heterocycles. The number of anilines is 1. The number of fused-ring (bicyclic) bond motifs is 1. The van der Waals surface area contributed by atoms with Crippen LogP contribution >= 0.6 is 0 Å². The van der Waals surface area contributed by atoms with Crippen LogP contribution in [0.3, 0.4) is 0 Å². The first kappa shape index (κ1) is 17.4. The second-order valence-corrected chi connectivity index (χ2v) is 6.76. The van der Waals surface area contributed by atoms with Gasteiger partial charge in [0.05, 0.1) is 11.3 Å². The van der Waals surface area contributed by atoms with E-state index in [1.807, 2.05) is 12.1 Å². The monoisotopic (exact) mass is 367 g/mol. The van der Waals surface area contributed by atoms with Gasteiger partial charge in [-0.15, -0.1) is 0 Å². The van der Waals surface area contributed by atoms with E-state index in [2.05, 4.69) is 25.6 Å². The van der Waals surface area contributed by atoms with Gasteiger partial charge in [-0.05, 0) is 38.1 Å². The molecule has 5 N–H and O–H groups in total. The maximum Gasteiger partial charge on any atom is 0.268 e. The maximum absolute atomic E-state index is 11.5. The zero-order chi connectivity index (χ0) is 18.9. The predicted octanol–water partition coefficient (Wildman–Crippen LogP) is 0.417. The van der Waals surface area contributed by atoms with Crippen molar-refractivity contribution in [1.29, 1.82) is 0 Å². The topological polar surface area (TPSA) is 130 Å². The SMILES string of the molecule is NC(=O)c1cn2cc(-c3ccncc3)nc(NCC3(O)CCNCC3)c2n1. The largest absolute Gasteiger partial charge is 0.388 e. The lowest BCUT2D eigenvalue weighted by Gasteiger charge is -2.32. The zero-order valence-corrected chi connectivity index (χ0v) is 14.7. The molecule has 1 aliphatic heterocycles. The van der Waals surface area contributed by atoms with Crippen LogP contribution in [0.2, 0.25) is 0 Å². The van der Waals surface area contributed by atoms with E-state index in [1.165, 1.54) is 0 Å². The molecule has 0 atom stereocenters. The second-order valence-electron chi connectivity index (χ2n) is 6.76. The second kappa shape index (κ2) is 6.93. The summed E-state index contributed by atoms with van der Waals surface area (Å²) in [6.07, 6.45) is 8.05. The van der Waals surface area contributed by atoms with E-state index < -0.39 is 11.5 Å². The number of nitrogens with zero attached hydrogens (tertiary/aromatic N) is 4. The Hall–Kier alpha value is -3.04. The van der Waals surface area contributed by atoms with Crippen molar-refractivity contribution in [2.75, 3.05) is 25.0 Å². The third-order valence-corrected chi connectivity index (χ3v) is 4.79. The predicted molar refractivity (Wildman–Crippen MR) is 100 cm³/mol. The third kappa shape index (κ3) is 3.60. The van der Waals surface area contributed by atoms with Gasteiger partial charge in [0.25, 0.3) is 5.91 Å². The van der Waals surface area contributed by atoms with Gasteiger partial charge < -0.3 is 25.9 Å². The summed E-state index contributed by atoms with van der Waals surface area (Å²) in [5.41, 5.74) is 6.79. The van der Waals surface area contributed by atoms with Crippen LogP contribution in [0.1, 0.15) is 23.3 Å². The normalized spacial score (nSPS) is 16.3. The van der Waals surface area contributed by atoms with E-state index in [-0.39, 0.29) is 5.69 Å². The number of carbonyl (C=O) groups excluding carboxylic acids is 1. The Labute approximate surface area is 155 Å². The van der Waals surface area contributed by atoms with Crippen LogP contribution in [0.4, 0.5) is 5.82 Å². The number of aromatic nitrogens is 4. The lowest BCUT2D eigenvalue weighted by atomic mass is 9.92. The van der Waals surface area contributed by atoms with Gasteiger partial charge in [-0.3, -0.25) is 9.78 Å². The summed E-state index contributed by atoms with van der Waals surface area (Å²) in [5.74, 6) is -0.115. The molecule has 9 heteroatoms. The molecule has 1 aliphatic rings. The van der Waals surface area contributed by atoms with Crippen molar-refractivity contribution in [3.63, 3.8) is 0 Å². The summed E-state index contributed by atoms with van der Waals surface area (Å²) in [7, 11) is 0. The van der Waals surface area contributed by atoms with Crippen molar-refractivity contribution in [3.05, 3.63) is 42.6 Å². The summed E-state index contributed by atoms with van der Waals surface area (Å²) in [5, 5.41) is 17.2. The standard InChI is InChI=1S/C18H21N7O2/c19-15(26)14-10-25-9-13(12-1-5-20-6-2-12)23-16(17(25)24-14)22-11-18(27)3-7-21-8-4-18/h1-2,5-6,9-10,21,27H,3-4,7-8,11H2,(H2,19,26)(H,22,23). The van der Waals surface area contributed by atoms with E-state index in [1.54, 1.807) is 29.2 Å². The van der Waals surface area contributed by atoms with Gasteiger partial charge in [0, 0.05) is 36.9 Å². The molecule has 0 saturated carbocycles. The van der Waals surface area contributed by atoms with Gasteiger partial charge >= 0.3 is 0 Å². The lowest BCUT2D eigenvalue weighted by Crippen LogP contribution is -2.46. The number of piperidine rings is 1. The highest BCUT2D eigenvalue weighted by Crippen LogP contribution is 2.24. The fourth-order valence-electron chi connectivity index (χ4n) is 3.21. The summed E-state index contributed by atoms with van der Waals surface area (Å²) in [6.45, 7) is 1.89. The van der Waals surface area contributed by atoms with Crippen molar-refractivity contribution < 1.29 is 9.90 Å². The molecule has 0 aromatic carbocycles. The van der Waals surface area contributed by atoms with Gasteiger partial charge in [-0.25, -0.2) is 9.97 Å². The Balaban J connectivity index is 1.73. The summed E-state index contributed by atoms with van der Waals surface area (Å²) in [6, 6.07) is 3.70. The van der Waals surface area contributed by atoms with Crippen LogP contribution in [0.25, 0.3) is 16.9 Å². The highest BCUT2D eigenvalue weighted by atomic mass is 16.3. The van der Waals surface area contributed by atoms with Gasteiger partial charge in [0.2, 0.25) is 0 Å². The molecule has 1 saturated heterocycles. The molecule has 27 heavy (non-hydrogen) atoms. The van der Waals surface area contributed by atoms with Crippen LogP contribution in [-0.2, 0) is 0 Å². The number of nitrogens with one attached hydrogen (secondary N) is 2. The number of hydrogen-bond acceptors (Lipinski definition) is 7. The molecular formula is C18H21N7O2. The Morgan fingerprint density at radius 3 is 2.70 bits per heavy atom. The molecular weight excluding hydrogens is 346 g/mol. The van der Waals surface area contributed by atoms with Crippen LogP contribution in [0.15, 0.2) is 36.9 Å². The van der Waals surface area contributed by atoms with Crippen molar-refractivity contribution in [1.82, 2.24) is 24.7 Å². The molecule has 0 radical (unpaired) electrons. The Kier molecular flexibility index (Phi) is 4.46. The van der Waals surface area contributed by atoms with Crippen LogP contribution < -0.4 is 16.4 Å². The molecule has 1 amide bonds. The van der Waals surface area contributed by atoms with E-state index in [9.17, 15) is 9.90 Å². The van der Waals surface area contributed by atoms with Gasteiger partial charge in [0.1, 0.15) is 5.69 Å². The molecule has 0 aliphatic carbocycles. The number of imidazole rings is 1. The number of aliphatic hydroxyl groups is 1. The summed E-state index contributed by atoms with van der Waals surface area (Å²) in [4.78, 5) is 24.5. The van der Waals surface area contributed by atoms with E-state index in [0.717, 1.165) is 18.7 Å². The summed E-state index contributed by atoms with van der Waals surface area (Å²) < 4.78 is 1.72. The zero-order valence-electron chi connectivity index (χ0n) is 14.7. The molecule has 0 spiro atoms. The molecule has 1 fully saturated rings. The number of primary amides is 1. The highest BCUT2D eigenvalue weighted by molar-refractivity contribution is 5.92. The number of rotatable bonds is 5. The van der Waals surface area contributed by atoms with Crippen molar-refractivity contribution >= 4 is 17.4 Å². The van der Waals surface area contributed by atoms with Crippen LogP contribution in [0.5, 0.6) is 0 Å². The van der Waals surface area contributed by atoms with E-state index >= 15 is 0 Å². The third-order valence-electron chi connectivity index (χ3n) is 4.79. The van der Waals surface area contributed by atoms with Crippen LogP contribution in [0, 0.1) is 0 Å². The Bertz CT molecular complexity index is 965. The van der Waals surface area contributed by atoms with E-state index in [0.29, 0.717) is 36.5 Å². The highest BCUT2D eigenvalue weighted by Gasteiger charge is 2.29. The smallest absolute Gasteiger partial charge is 0.268 e.